The highest BCUT2D eigenvalue weighted by atomic mass is 32.2. The summed E-state index contributed by atoms with van der Waals surface area (Å²) in [6.45, 7) is 4.41. The van der Waals surface area contributed by atoms with Crippen LogP contribution in [-0.2, 0) is 50.7 Å². The molecule has 3 unspecified atom stereocenters. The molecule has 2 aromatic rings. The largest absolute Gasteiger partial charge is 0.790 e. The Bertz CT molecular complexity index is 1920. The van der Waals surface area contributed by atoms with E-state index in [0.717, 1.165) is 41.8 Å². The van der Waals surface area contributed by atoms with Gasteiger partial charge in [-0.2, -0.15) is 0 Å². The number of hydrogen-bond donors (Lipinski definition) is 5. The molecule has 1 aliphatic rings. The number of phosphoric ester groups is 3. The Morgan fingerprint density at radius 3 is 2.34 bits per heavy atom. The van der Waals surface area contributed by atoms with Crippen molar-refractivity contribution in [1.82, 2.24) is 30.2 Å². The first-order valence-corrected chi connectivity index (χ1v) is 25.3. The molecule has 0 saturated carbocycles. The van der Waals surface area contributed by atoms with Crippen LogP contribution in [0.25, 0.3) is 11.2 Å². The molecule has 3 heterocycles. The zero-order chi connectivity index (χ0) is 46.3. The molecular weight excluding hydrogens is 903 g/mol. The quantitative estimate of drug-likeness (QED) is 0.0541. The molecular formula is C34H56N7O17P3S-4. The van der Waals surface area contributed by atoms with Gasteiger partial charge in [0, 0.05) is 37.1 Å². The molecule has 0 spiro atoms. The van der Waals surface area contributed by atoms with Crippen LogP contribution in [0.15, 0.2) is 12.7 Å². The highest BCUT2D eigenvalue weighted by Crippen LogP contribution is 2.56. The average molecular weight is 960 g/mol. The van der Waals surface area contributed by atoms with Gasteiger partial charge >= 0.3 is 0 Å². The van der Waals surface area contributed by atoms with Crippen LogP contribution in [0.5, 0.6) is 0 Å². The second-order valence-corrected chi connectivity index (χ2v) is 20.6. The third kappa shape index (κ3) is 18.2. The van der Waals surface area contributed by atoms with Crippen LogP contribution in [0.2, 0.25) is 0 Å². The maximum Gasteiger partial charge on any atom is 0.274 e. The van der Waals surface area contributed by atoms with Gasteiger partial charge in [0.1, 0.15) is 36.3 Å². The van der Waals surface area contributed by atoms with Crippen LogP contribution < -0.4 is 35.9 Å². The number of nitrogen functional groups attached to an aromatic ring is 1. The van der Waals surface area contributed by atoms with E-state index in [2.05, 4.69) is 57.3 Å². The Hall–Kier alpha value is -2.44. The van der Waals surface area contributed by atoms with Gasteiger partial charge in [-0.1, -0.05) is 90.8 Å². The molecule has 1 aliphatic heterocycles. The van der Waals surface area contributed by atoms with Crippen molar-refractivity contribution in [2.24, 2.45) is 11.3 Å². The first-order chi connectivity index (χ1) is 28.9. The van der Waals surface area contributed by atoms with Crippen molar-refractivity contribution < 1.29 is 80.5 Å². The Labute approximate surface area is 363 Å². The number of rotatable bonds is 29. The summed E-state index contributed by atoms with van der Waals surface area (Å²) in [6, 6.07) is 0. The van der Waals surface area contributed by atoms with Crippen molar-refractivity contribution in [3.8, 4) is 0 Å². The zero-order valence-corrected chi connectivity index (χ0v) is 38.4. The predicted molar refractivity (Wildman–Crippen MR) is 215 cm³/mol. The van der Waals surface area contributed by atoms with E-state index in [9.17, 15) is 57.9 Å². The number of aromatic nitrogens is 4. The van der Waals surface area contributed by atoms with Gasteiger partial charge < -0.3 is 69.0 Å². The van der Waals surface area contributed by atoms with Crippen LogP contribution >= 0.6 is 35.2 Å². The molecule has 3 rings (SSSR count). The number of phosphoric acid groups is 3. The molecule has 1 fully saturated rings. The molecule has 0 radical (unpaired) electrons. The standard InChI is InChI=1S/C34H60N7O17P3S/c1-5-6-7-8-9-10-11-12-22(2)17-25(43)62-16-15-36-24(42)13-14-37-32(46)29(45)34(3,4)19-55-61(52,53)58-60(50,51)54-18-23-28(57-59(47,48)49)27(44)33(56-23)41-21-40-26-30(35)38-20-39-31(26)41/h20-23,27-29,33,44-45H,5-19H2,1-4H3,(H,36,42)(H,37,46)(H,50,51)(H,52,53)(H2,35,38,39)(H2,47,48,49)/p-4/t22?,23-,27-,28-,29+,33-/m1/s1. The van der Waals surface area contributed by atoms with Crippen molar-refractivity contribution in [2.75, 3.05) is 37.8 Å². The van der Waals surface area contributed by atoms with Gasteiger partial charge in [0.05, 0.1) is 27.4 Å². The predicted octanol–water partition coefficient (Wildman–Crippen LogP) is 0.304. The highest BCUT2D eigenvalue weighted by Gasteiger charge is 2.47. The van der Waals surface area contributed by atoms with Crippen molar-refractivity contribution in [3.63, 3.8) is 0 Å². The number of carbonyl (C=O) groups excluding carboxylic acids is 3. The lowest BCUT2D eigenvalue weighted by molar-refractivity contribution is -0.347. The molecule has 2 amide bonds. The van der Waals surface area contributed by atoms with Crippen molar-refractivity contribution in [3.05, 3.63) is 12.7 Å². The van der Waals surface area contributed by atoms with Crippen molar-refractivity contribution in [1.29, 1.82) is 0 Å². The van der Waals surface area contributed by atoms with E-state index in [-0.39, 0.29) is 47.5 Å². The lowest BCUT2D eigenvalue weighted by Gasteiger charge is -2.36. The molecule has 28 heteroatoms. The number of thioether (sulfide) groups is 1. The number of imidazole rings is 1. The summed E-state index contributed by atoms with van der Waals surface area (Å²) in [5.74, 6) is -0.860. The van der Waals surface area contributed by atoms with E-state index in [4.69, 9.17) is 10.5 Å². The van der Waals surface area contributed by atoms with E-state index in [1.54, 1.807) is 0 Å². The summed E-state index contributed by atoms with van der Waals surface area (Å²) < 4.78 is 60.7. The lowest BCUT2D eigenvalue weighted by atomic mass is 9.87. The number of aliphatic hydroxyl groups excluding tert-OH is 2. The fraction of sp³-hybridized carbons (Fsp3) is 0.765. The Morgan fingerprint density at radius 2 is 1.66 bits per heavy atom. The van der Waals surface area contributed by atoms with Crippen LogP contribution in [-0.4, -0.2) is 103 Å². The number of nitrogens with two attached hydrogens (primary N) is 1. The summed E-state index contributed by atoms with van der Waals surface area (Å²) in [6.07, 6.45) is 2.37. The van der Waals surface area contributed by atoms with Gasteiger partial charge in [0.25, 0.3) is 15.6 Å². The fourth-order valence-electron chi connectivity index (χ4n) is 6.17. The van der Waals surface area contributed by atoms with Crippen LogP contribution in [0.3, 0.4) is 0 Å². The molecule has 8 atom stereocenters. The number of amides is 2. The van der Waals surface area contributed by atoms with E-state index in [1.165, 1.54) is 52.4 Å². The monoisotopic (exact) mass is 959 g/mol. The number of carbonyl (C=O) groups is 3. The summed E-state index contributed by atoms with van der Waals surface area (Å²) in [4.78, 5) is 96.8. The molecule has 0 bridgehead atoms. The van der Waals surface area contributed by atoms with Crippen LogP contribution in [0.4, 0.5) is 5.82 Å². The zero-order valence-electron chi connectivity index (χ0n) is 34.9. The third-order valence-corrected chi connectivity index (χ3v) is 13.5. The molecule has 0 aliphatic carbocycles. The summed E-state index contributed by atoms with van der Waals surface area (Å²) in [5.41, 5.74) is 4.09. The Kier molecular flexibility index (Phi) is 21.5. The second kappa shape index (κ2) is 24.7. The van der Waals surface area contributed by atoms with Gasteiger partial charge in [-0.15, -0.1) is 0 Å². The number of unbranched alkanes of at least 4 members (excludes halogenated alkanes) is 6. The molecule has 62 heavy (non-hydrogen) atoms. The van der Waals surface area contributed by atoms with E-state index in [0.29, 0.717) is 12.2 Å². The van der Waals surface area contributed by atoms with Gasteiger partial charge in [-0.25, -0.2) is 19.3 Å². The first-order valence-electron chi connectivity index (χ1n) is 19.9. The minimum Gasteiger partial charge on any atom is -0.790 e. The van der Waals surface area contributed by atoms with Crippen LogP contribution in [0.1, 0.15) is 98.1 Å². The van der Waals surface area contributed by atoms with Crippen molar-refractivity contribution >= 4 is 69.1 Å². The lowest BCUT2D eigenvalue weighted by Crippen LogP contribution is -2.46. The van der Waals surface area contributed by atoms with E-state index >= 15 is 0 Å². The summed E-state index contributed by atoms with van der Waals surface area (Å²) in [7, 11) is -17.6. The molecule has 1 saturated heterocycles. The second-order valence-electron chi connectivity index (χ2n) is 15.4. The molecule has 354 valence electrons. The smallest absolute Gasteiger partial charge is 0.274 e. The Morgan fingerprint density at radius 1 is 1.00 bits per heavy atom. The number of nitrogens with one attached hydrogen (secondary N) is 2. The number of anilines is 1. The summed E-state index contributed by atoms with van der Waals surface area (Å²) in [5, 5.41) is 26.4. The number of nitrogens with zero attached hydrogens (tertiary/aromatic N) is 4. The number of hydrogen-bond acceptors (Lipinski definition) is 22. The average Bonchev–Trinajstić information content (AvgIpc) is 3.74. The number of fused-ring (bicyclic) bond motifs is 1. The minimum atomic E-state index is -5.92. The maximum atomic E-state index is 12.6. The Balaban J connectivity index is 1.39. The minimum absolute atomic E-state index is 0.0189. The van der Waals surface area contributed by atoms with Gasteiger partial charge in [-0.05, 0) is 5.92 Å². The fourth-order valence-corrected chi connectivity index (χ4v) is 9.74. The van der Waals surface area contributed by atoms with Gasteiger partial charge in [-0.3, -0.25) is 28.1 Å². The van der Waals surface area contributed by atoms with E-state index in [1.807, 2.05) is 0 Å². The normalized spacial score (nSPS) is 21.3. The molecule has 0 aromatic carbocycles. The topological polar surface area (TPSA) is 375 Å². The maximum absolute atomic E-state index is 12.6. The van der Waals surface area contributed by atoms with Gasteiger partial charge in [0.15, 0.2) is 22.8 Å². The molecule has 24 nitrogen and oxygen atoms in total. The molecule has 6 N–H and O–H groups in total. The number of ether oxygens (including phenoxy) is 1. The molecule has 2 aromatic heterocycles. The third-order valence-electron chi connectivity index (χ3n) is 9.56. The first kappa shape index (κ1) is 53.9. The van der Waals surface area contributed by atoms with E-state index < -0.39 is 84.6 Å². The SMILES string of the molecule is CCCCCCCCCC(C)CC(=O)SCCNC(=O)CCNC(=O)[C@H](O)C(C)(C)COP(=O)([O-])OP(=O)([O-])OC[C@H]1O[C@@H](n2cnc3c(N)ncnc32)[C@H](O)[C@@H]1OP(=O)([O-])[O-]. The van der Waals surface area contributed by atoms with Gasteiger partial charge in [0.2, 0.25) is 11.8 Å². The number of aliphatic hydroxyl groups is 2. The summed E-state index contributed by atoms with van der Waals surface area (Å²) >= 11 is 1.14. The van der Waals surface area contributed by atoms with Crippen molar-refractivity contribution in [2.45, 2.75) is 123 Å². The van der Waals surface area contributed by atoms with Crippen LogP contribution in [0, 0.1) is 11.3 Å². The highest BCUT2D eigenvalue weighted by molar-refractivity contribution is 8.13.